The average Bonchev–Trinajstić information content (AvgIpc) is 2.47. The zero-order chi connectivity index (χ0) is 13.9. The van der Waals surface area contributed by atoms with Crippen LogP contribution in [0.2, 0.25) is 0 Å². The fourth-order valence-electron chi connectivity index (χ4n) is 1.95. The normalized spacial score (nSPS) is 21.3. The van der Waals surface area contributed by atoms with Crippen LogP contribution in [0, 0.1) is 0 Å². The molecule has 0 amide bonds. The highest BCUT2D eigenvalue weighted by molar-refractivity contribution is 7.89. The summed E-state index contributed by atoms with van der Waals surface area (Å²) in [6.45, 7) is 1.33. The Morgan fingerprint density at radius 3 is 2.68 bits per heavy atom. The summed E-state index contributed by atoms with van der Waals surface area (Å²) in [7, 11) is -1.95. The van der Waals surface area contributed by atoms with Crippen LogP contribution in [0.1, 0.15) is 0 Å². The molecular weight excluding hydrogens is 268 g/mol. The van der Waals surface area contributed by atoms with Gasteiger partial charge in [0.15, 0.2) is 0 Å². The van der Waals surface area contributed by atoms with E-state index < -0.39 is 10.0 Å². The highest BCUT2D eigenvalue weighted by Crippen LogP contribution is 2.21. The SMILES string of the molecule is COc1ccc(S(=O)(=O)N2CCO[C@@H](CN)C2)cc1. The van der Waals surface area contributed by atoms with Gasteiger partial charge in [-0.3, -0.25) is 0 Å². The number of hydrogen-bond acceptors (Lipinski definition) is 5. The van der Waals surface area contributed by atoms with E-state index in [2.05, 4.69) is 0 Å². The fourth-order valence-corrected chi connectivity index (χ4v) is 3.41. The maximum atomic E-state index is 12.4. The first-order valence-corrected chi connectivity index (χ1v) is 7.48. The smallest absolute Gasteiger partial charge is 0.243 e. The van der Waals surface area contributed by atoms with Crippen LogP contribution in [0.15, 0.2) is 29.2 Å². The average molecular weight is 286 g/mol. The molecule has 0 aromatic heterocycles. The van der Waals surface area contributed by atoms with Gasteiger partial charge in [0.2, 0.25) is 10.0 Å². The summed E-state index contributed by atoms with van der Waals surface area (Å²) in [5.74, 6) is 0.626. The lowest BCUT2D eigenvalue weighted by Crippen LogP contribution is -2.48. The van der Waals surface area contributed by atoms with Crippen molar-refractivity contribution in [2.75, 3.05) is 33.4 Å². The molecule has 1 aliphatic heterocycles. The van der Waals surface area contributed by atoms with Crippen molar-refractivity contribution in [1.82, 2.24) is 4.31 Å². The summed E-state index contributed by atoms with van der Waals surface area (Å²) in [5.41, 5.74) is 5.52. The maximum Gasteiger partial charge on any atom is 0.243 e. The molecule has 7 heteroatoms. The van der Waals surface area contributed by atoms with Gasteiger partial charge in [-0.25, -0.2) is 8.42 Å². The number of hydrogen-bond donors (Lipinski definition) is 1. The van der Waals surface area contributed by atoms with Gasteiger partial charge in [0.25, 0.3) is 0 Å². The minimum Gasteiger partial charge on any atom is -0.497 e. The molecule has 0 bridgehead atoms. The van der Waals surface area contributed by atoms with Gasteiger partial charge in [-0.1, -0.05) is 0 Å². The van der Waals surface area contributed by atoms with Gasteiger partial charge in [0.05, 0.1) is 24.7 Å². The van der Waals surface area contributed by atoms with Gasteiger partial charge in [-0.05, 0) is 24.3 Å². The van der Waals surface area contributed by atoms with Crippen LogP contribution < -0.4 is 10.5 Å². The molecule has 1 aliphatic rings. The molecule has 0 spiro atoms. The Hall–Kier alpha value is -1.15. The van der Waals surface area contributed by atoms with Gasteiger partial charge < -0.3 is 15.2 Å². The van der Waals surface area contributed by atoms with Crippen LogP contribution >= 0.6 is 0 Å². The van der Waals surface area contributed by atoms with Gasteiger partial charge in [-0.2, -0.15) is 4.31 Å². The van der Waals surface area contributed by atoms with Gasteiger partial charge in [0, 0.05) is 19.6 Å². The summed E-state index contributed by atoms with van der Waals surface area (Å²) >= 11 is 0. The van der Waals surface area contributed by atoms with E-state index in [0.29, 0.717) is 32.0 Å². The second-order valence-corrected chi connectivity index (χ2v) is 6.21. The zero-order valence-corrected chi connectivity index (χ0v) is 11.6. The lowest BCUT2D eigenvalue weighted by molar-refractivity contribution is 0.00450. The largest absolute Gasteiger partial charge is 0.497 e. The molecule has 0 radical (unpaired) electrons. The lowest BCUT2D eigenvalue weighted by atomic mass is 10.3. The molecule has 1 aromatic rings. The first kappa shape index (κ1) is 14.3. The number of sulfonamides is 1. The fraction of sp³-hybridized carbons (Fsp3) is 0.500. The Bertz CT molecular complexity index is 515. The number of nitrogens with two attached hydrogens (primary N) is 1. The monoisotopic (exact) mass is 286 g/mol. The van der Waals surface area contributed by atoms with E-state index >= 15 is 0 Å². The highest BCUT2D eigenvalue weighted by atomic mass is 32.2. The summed E-state index contributed by atoms with van der Waals surface area (Å²) < 4.78 is 36.7. The Labute approximate surface area is 113 Å². The second kappa shape index (κ2) is 5.87. The number of methoxy groups -OCH3 is 1. The molecule has 0 saturated carbocycles. The van der Waals surface area contributed by atoms with Crippen molar-refractivity contribution in [3.05, 3.63) is 24.3 Å². The molecule has 0 aliphatic carbocycles. The molecule has 1 fully saturated rings. The summed E-state index contributed by atoms with van der Waals surface area (Å²) in [5, 5.41) is 0. The van der Waals surface area contributed by atoms with E-state index in [1.165, 1.54) is 11.4 Å². The molecule has 1 aromatic carbocycles. The van der Waals surface area contributed by atoms with E-state index in [0.717, 1.165) is 0 Å². The number of ether oxygens (including phenoxy) is 2. The summed E-state index contributed by atoms with van der Waals surface area (Å²) in [6, 6.07) is 6.35. The standard InChI is InChI=1S/C12H18N2O4S/c1-17-10-2-4-12(5-3-10)19(15,16)14-6-7-18-11(8-13)9-14/h2-5,11H,6-9,13H2,1H3/t11-/m0/s1. The third-order valence-corrected chi connectivity index (χ3v) is 4.94. The molecule has 1 heterocycles. The molecule has 2 N–H and O–H groups in total. The predicted octanol–water partition coefficient (Wildman–Crippen LogP) is 0.0434. The molecule has 1 saturated heterocycles. The van der Waals surface area contributed by atoms with Crippen molar-refractivity contribution < 1.29 is 17.9 Å². The predicted molar refractivity (Wildman–Crippen MR) is 70.5 cm³/mol. The minimum absolute atomic E-state index is 0.234. The maximum absolute atomic E-state index is 12.4. The van der Waals surface area contributed by atoms with Crippen LogP contribution in [0.3, 0.4) is 0 Å². The first-order chi connectivity index (χ1) is 9.07. The van der Waals surface area contributed by atoms with Gasteiger partial charge in [-0.15, -0.1) is 0 Å². The Kier molecular flexibility index (Phi) is 4.41. The van der Waals surface area contributed by atoms with Crippen molar-refractivity contribution in [1.29, 1.82) is 0 Å². The molecular formula is C12H18N2O4S. The van der Waals surface area contributed by atoms with Gasteiger partial charge in [0.1, 0.15) is 5.75 Å². The van der Waals surface area contributed by atoms with E-state index in [4.69, 9.17) is 15.2 Å². The van der Waals surface area contributed by atoms with Crippen molar-refractivity contribution >= 4 is 10.0 Å². The van der Waals surface area contributed by atoms with Crippen molar-refractivity contribution in [2.24, 2.45) is 5.73 Å². The van der Waals surface area contributed by atoms with Crippen LogP contribution in [0.5, 0.6) is 5.75 Å². The summed E-state index contributed by atoms with van der Waals surface area (Å²) in [6.07, 6.45) is -0.234. The highest BCUT2D eigenvalue weighted by Gasteiger charge is 2.30. The Balaban J connectivity index is 2.20. The number of benzene rings is 1. The molecule has 6 nitrogen and oxygen atoms in total. The lowest BCUT2D eigenvalue weighted by Gasteiger charge is -2.31. The van der Waals surface area contributed by atoms with Crippen molar-refractivity contribution in [2.45, 2.75) is 11.0 Å². The van der Waals surface area contributed by atoms with E-state index in [1.54, 1.807) is 24.3 Å². The van der Waals surface area contributed by atoms with E-state index in [9.17, 15) is 8.42 Å². The minimum atomic E-state index is -3.49. The van der Waals surface area contributed by atoms with Crippen LogP contribution in [0.4, 0.5) is 0 Å². The molecule has 106 valence electrons. The second-order valence-electron chi connectivity index (χ2n) is 4.27. The Morgan fingerprint density at radius 2 is 2.11 bits per heavy atom. The molecule has 19 heavy (non-hydrogen) atoms. The summed E-state index contributed by atoms with van der Waals surface area (Å²) in [4.78, 5) is 0.256. The number of morpholine rings is 1. The quantitative estimate of drug-likeness (QED) is 0.845. The number of rotatable bonds is 4. The Morgan fingerprint density at radius 1 is 1.42 bits per heavy atom. The molecule has 0 unspecified atom stereocenters. The zero-order valence-electron chi connectivity index (χ0n) is 10.8. The van der Waals surface area contributed by atoms with E-state index in [1.807, 2.05) is 0 Å². The molecule has 2 rings (SSSR count). The topological polar surface area (TPSA) is 81.9 Å². The first-order valence-electron chi connectivity index (χ1n) is 6.04. The third-order valence-electron chi connectivity index (χ3n) is 3.06. The van der Waals surface area contributed by atoms with Crippen LogP contribution in [0.25, 0.3) is 0 Å². The number of nitrogens with zero attached hydrogens (tertiary/aromatic N) is 1. The third kappa shape index (κ3) is 3.06. The van der Waals surface area contributed by atoms with Gasteiger partial charge >= 0.3 is 0 Å². The van der Waals surface area contributed by atoms with Crippen LogP contribution in [-0.2, 0) is 14.8 Å². The molecule has 1 atom stereocenters. The van der Waals surface area contributed by atoms with Crippen LogP contribution in [-0.4, -0.2) is 52.2 Å². The van der Waals surface area contributed by atoms with E-state index in [-0.39, 0.29) is 11.0 Å². The van der Waals surface area contributed by atoms with Crippen molar-refractivity contribution in [3.8, 4) is 5.75 Å². The van der Waals surface area contributed by atoms with Crippen molar-refractivity contribution in [3.63, 3.8) is 0 Å².